The number of hydrogen-bond donors (Lipinski definition) is 1. The summed E-state index contributed by atoms with van der Waals surface area (Å²) in [6, 6.07) is 7.13. The smallest absolute Gasteiger partial charge is 0.416 e. The van der Waals surface area contributed by atoms with E-state index < -0.39 is 17.7 Å². The summed E-state index contributed by atoms with van der Waals surface area (Å²) in [6.45, 7) is 4.65. The summed E-state index contributed by atoms with van der Waals surface area (Å²) in [6.07, 6.45) is -3.83. The van der Waals surface area contributed by atoms with Crippen molar-refractivity contribution in [3.05, 3.63) is 53.0 Å². The predicted octanol–water partition coefficient (Wildman–Crippen LogP) is 4.87. The SMILES string of the molecule is COc1cc2nc(C)nc(C(C)c3cc(N)cc(C(F)(F)F)c3)c2cc1O[C@H]1CCOC1. The molecule has 9 heteroatoms. The van der Waals surface area contributed by atoms with Crippen LogP contribution in [-0.4, -0.2) is 36.4 Å². The van der Waals surface area contributed by atoms with Gasteiger partial charge in [-0.15, -0.1) is 0 Å². The number of ether oxygens (including phenoxy) is 3. The molecule has 1 aromatic heterocycles. The van der Waals surface area contributed by atoms with E-state index in [4.69, 9.17) is 19.9 Å². The number of fused-ring (bicyclic) bond motifs is 1. The van der Waals surface area contributed by atoms with Crippen LogP contribution in [0.25, 0.3) is 10.9 Å². The average molecular weight is 447 g/mol. The molecule has 0 bridgehead atoms. The van der Waals surface area contributed by atoms with E-state index in [1.54, 1.807) is 39.2 Å². The zero-order valence-corrected chi connectivity index (χ0v) is 18.0. The van der Waals surface area contributed by atoms with Gasteiger partial charge in [0.25, 0.3) is 0 Å². The van der Waals surface area contributed by atoms with Crippen LogP contribution in [0.5, 0.6) is 11.5 Å². The first-order chi connectivity index (χ1) is 15.2. The Balaban J connectivity index is 1.83. The van der Waals surface area contributed by atoms with Crippen LogP contribution in [0.15, 0.2) is 30.3 Å². The van der Waals surface area contributed by atoms with Crippen LogP contribution < -0.4 is 15.2 Å². The van der Waals surface area contributed by atoms with Crippen LogP contribution in [0.4, 0.5) is 18.9 Å². The van der Waals surface area contributed by atoms with E-state index in [0.29, 0.717) is 52.7 Å². The van der Waals surface area contributed by atoms with Gasteiger partial charge in [-0.3, -0.25) is 0 Å². The van der Waals surface area contributed by atoms with Gasteiger partial charge in [0.1, 0.15) is 11.9 Å². The molecule has 2 N–H and O–H groups in total. The number of rotatable bonds is 5. The Morgan fingerprint density at radius 3 is 2.56 bits per heavy atom. The quantitative estimate of drug-likeness (QED) is 0.563. The molecule has 2 heterocycles. The molecule has 0 radical (unpaired) electrons. The van der Waals surface area contributed by atoms with E-state index in [0.717, 1.165) is 18.6 Å². The van der Waals surface area contributed by atoms with Gasteiger partial charge in [-0.1, -0.05) is 6.92 Å². The highest BCUT2D eigenvalue weighted by Crippen LogP contribution is 2.39. The molecule has 1 aliphatic heterocycles. The van der Waals surface area contributed by atoms with Gasteiger partial charge in [-0.05, 0) is 36.8 Å². The fourth-order valence-electron chi connectivity index (χ4n) is 3.90. The Hall–Kier alpha value is -3.07. The van der Waals surface area contributed by atoms with E-state index in [1.807, 2.05) is 0 Å². The number of nitrogens with two attached hydrogens (primary N) is 1. The topological polar surface area (TPSA) is 79.5 Å². The van der Waals surface area contributed by atoms with Gasteiger partial charge in [0.05, 0.1) is 37.1 Å². The second kappa shape index (κ2) is 8.46. The predicted molar refractivity (Wildman–Crippen MR) is 114 cm³/mol. The molecule has 3 aromatic rings. The van der Waals surface area contributed by atoms with E-state index >= 15 is 0 Å². The zero-order valence-electron chi connectivity index (χ0n) is 18.0. The summed E-state index contributed by atoms with van der Waals surface area (Å²) in [5, 5.41) is 0.675. The molecule has 1 aliphatic rings. The Morgan fingerprint density at radius 2 is 1.91 bits per heavy atom. The molecule has 1 fully saturated rings. The number of benzene rings is 2. The maximum atomic E-state index is 13.3. The van der Waals surface area contributed by atoms with Crippen molar-refractivity contribution in [2.75, 3.05) is 26.1 Å². The number of aromatic nitrogens is 2. The van der Waals surface area contributed by atoms with Crippen LogP contribution in [0.1, 0.15) is 41.9 Å². The standard InChI is InChI=1S/C23H24F3N3O3/c1-12(14-6-15(23(24,25)26)8-16(27)7-14)22-18-9-21(32-17-4-5-31-11-17)20(30-3)10-19(18)28-13(2)29-22/h6-10,12,17H,4-5,11,27H2,1-3H3/t12?,17-/m0/s1. The summed E-state index contributed by atoms with van der Waals surface area (Å²) in [7, 11) is 1.54. The summed E-state index contributed by atoms with van der Waals surface area (Å²) >= 11 is 0. The van der Waals surface area contributed by atoms with Crippen LogP contribution in [-0.2, 0) is 10.9 Å². The van der Waals surface area contributed by atoms with Crippen molar-refractivity contribution >= 4 is 16.6 Å². The third-order valence-corrected chi connectivity index (χ3v) is 5.52. The lowest BCUT2D eigenvalue weighted by Gasteiger charge is -2.20. The van der Waals surface area contributed by atoms with Crippen LogP contribution >= 0.6 is 0 Å². The number of nitrogen functional groups attached to an aromatic ring is 1. The molecule has 0 amide bonds. The molecule has 2 aromatic carbocycles. The van der Waals surface area contributed by atoms with Gasteiger partial charge in [0, 0.05) is 29.5 Å². The van der Waals surface area contributed by atoms with Crippen molar-refractivity contribution in [1.82, 2.24) is 9.97 Å². The molecule has 0 saturated carbocycles. The summed E-state index contributed by atoms with van der Waals surface area (Å²) < 4.78 is 57.0. The first kappa shape index (κ1) is 22.1. The van der Waals surface area contributed by atoms with Crippen molar-refractivity contribution in [1.29, 1.82) is 0 Å². The fourth-order valence-corrected chi connectivity index (χ4v) is 3.90. The molecule has 1 saturated heterocycles. The maximum absolute atomic E-state index is 13.3. The normalized spacial score (nSPS) is 17.5. The van der Waals surface area contributed by atoms with Gasteiger partial charge in [0.2, 0.25) is 0 Å². The van der Waals surface area contributed by atoms with E-state index in [9.17, 15) is 13.2 Å². The Labute approximate surface area is 183 Å². The van der Waals surface area contributed by atoms with Crippen LogP contribution in [0, 0.1) is 6.92 Å². The number of halogens is 3. The lowest BCUT2D eigenvalue weighted by atomic mass is 9.92. The summed E-state index contributed by atoms with van der Waals surface area (Å²) in [5.74, 6) is 1.06. The zero-order chi connectivity index (χ0) is 23.0. The summed E-state index contributed by atoms with van der Waals surface area (Å²) in [4.78, 5) is 9.07. The van der Waals surface area contributed by atoms with Crippen molar-refractivity contribution < 1.29 is 27.4 Å². The van der Waals surface area contributed by atoms with Gasteiger partial charge in [-0.2, -0.15) is 13.2 Å². The number of aryl methyl sites for hydroxylation is 1. The molecule has 32 heavy (non-hydrogen) atoms. The number of anilines is 1. The number of methoxy groups -OCH3 is 1. The minimum absolute atomic E-state index is 0.0451. The van der Waals surface area contributed by atoms with E-state index in [2.05, 4.69) is 9.97 Å². The van der Waals surface area contributed by atoms with Crippen LogP contribution in [0.2, 0.25) is 0 Å². The molecule has 6 nitrogen and oxygen atoms in total. The Kier molecular flexibility index (Phi) is 5.85. The first-order valence-corrected chi connectivity index (χ1v) is 10.2. The second-order valence-electron chi connectivity index (χ2n) is 7.89. The first-order valence-electron chi connectivity index (χ1n) is 10.2. The average Bonchev–Trinajstić information content (AvgIpc) is 3.24. The van der Waals surface area contributed by atoms with E-state index in [-0.39, 0.29) is 11.8 Å². The molecule has 0 spiro atoms. The molecular weight excluding hydrogens is 423 g/mol. The lowest BCUT2D eigenvalue weighted by molar-refractivity contribution is -0.137. The van der Waals surface area contributed by atoms with Gasteiger partial charge >= 0.3 is 6.18 Å². The highest BCUT2D eigenvalue weighted by atomic mass is 19.4. The number of hydrogen-bond acceptors (Lipinski definition) is 6. The van der Waals surface area contributed by atoms with Crippen molar-refractivity contribution in [2.24, 2.45) is 0 Å². The molecular formula is C23H24F3N3O3. The third kappa shape index (κ3) is 4.43. The van der Waals surface area contributed by atoms with Gasteiger partial charge in [-0.25, -0.2) is 9.97 Å². The second-order valence-corrected chi connectivity index (χ2v) is 7.89. The van der Waals surface area contributed by atoms with Crippen molar-refractivity contribution in [2.45, 2.75) is 38.5 Å². The Morgan fingerprint density at radius 1 is 1.12 bits per heavy atom. The van der Waals surface area contributed by atoms with Gasteiger partial charge < -0.3 is 19.9 Å². The number of alkyl halides is 3. The monoisotopic (exact) mass is 447 g/mol. The molecule has 170 valence electrons. The van der Waals surface area contributed by atoms with Crippen molar-refractivity contribution in [3.63, 3.8) is 0 Å². The molecule has 4 rings (SSSR count). The molecule has 1 unspecified atom stereocenters. The van der Waals surface area contributed by atoms with Crippen molar-refractivity contribution in [3.8, 4) is 11.5 Å². The van der Waals surface area contributed by atoms with Crippen LogP contribution in [0.3, 0.4) is 0 Å². The highest BCUT2D eigenvalue weighted by Gasteiger charge is 2.32. The maximum Gasteiger partial charge on any atom is 0.416 e. The lowest BCUT2D eigenvalue weighted by Crippen LogP contribution is -2.16. The van der Waals surface area contributed by atoms with E-state index in [1.165, 1.54) is 0 Å². The number of nitrogens with zero attached hydrogens (tertiary/aromatic N) is 2. The summed E-state index contributed by atoms with van der Waals surface area (Å²) in [5.41, 5.74) is 6.66. The molecule has 0 aliphatic carbocycles. The Bertz CT molecular complexity index is 1140. The minimum atomic E-state index is -4.49. The fraction of sp³-hybridized carbons (Fsp3) is 0.391. The minimum Gasteiger partial charge on any atom is -0.493 e. The molecule has 2 atom stereocenters. The highest BCUT2D eigenvalue weighted by molar-refractivity contribution is 5.85. The largest absolute Gasteiger partial charge is 0.493 e. The van der Waals surface area contributed by atoms with Gasteiger partial charge in [0.15, 0.2) is 11.5 Å². The third-order valence-electron chi connectivity index (χ3n) is 5.52.